The first kappa shape index (κ1) is 18.1. The summed E-state index contributed by atoms with van der Waals surface area (Å²) < 4.78 is 6.00. The summed E-state index contributed by atoms with van der Waals surface area (Å²) in [6.07, 6.45) is 6.02. The molecule has 3 heterocycles. The molecule has 1 spiro atoms. The van der Waals surface area contributed by atoms with Crippen LogP contribution in [0.1, 0.15) is 38.5 Å². The molecule has 3 N–H and O–H groups in total. The molecule has 1 aromatic rings. The number of carbonyl (C=O) groups is 2. The van der Waals surface area contributed by atoms with Crippen molar-refractivity contribution < 1.29 is 14.3 Å². The van der Waals surface area contributed by atoms with Crippen molar-refractivity contribution in [3.63, 3.8) is 0 Å². The SMILES string of the molecule is NC(=O)N[C@@H]1CCCN(c2ccc(N3CCC4(CCCO4)CC3)cc2)C1=O. The monoisotopic (exact) mass is 372 g/mol. The molecule has 27 heavy (non-hydrogen) atoms. The molecule has 146 valence electrons. The number of anilines is 2. The number of ether oxygens (including phenoxy) is 1. The van der Waals surface area contributed by atoms with Gasteiger partial charge in [0.1, 0.15) is 6.04 Å². The molecule has 4 rings (SSSR count). The van der Waals surface area contributed by atoms with Crippen LogP contribution in [0.5, 0.6) is 0 Å². The van der Waals surface area contributed by atoms with Gasteiger partial charge in [-0.1, -0.05) is 0 Å². The second-order valence-electron chi connectivity index (χ2n) is 7.83. The second-order valence-corrected chi connectivity index (χ2v) is 7.83. The number of hydrogen-bond donors (Lipinski definition) is 2. The predicted octanol–water partition coefficient (Wildman–Crippen LogP) is 2.00. The highest BCUT2D eigenvalue weighted by atomic mass is 16.5. The summed E-state index contributed by atoms with van der Waals surface area (Å²) in [4.78, 5) is 27.9. The molecule has 1 atom stereocenters. The van der Waals surface area contributed by atoms with Gasteiger partial charge in [0.2, 0.25) is 5.91 Å². The first-order chi connectivity index (χ1) is 13.1. The molecular formula is C20H28N4O3. The zero-order valence-electron chi connectivity index (χ0n) is 15.7. The Morgan fingerprint density at radius 1 is 1.07 bits per heavy atom. The predicted molar refractivity (Wildman–Crippen MR) is 104 cm³/mol. The first-order valence-corrected chi connectivity index (χ1v) is 9.93. The summed E-state index contributed by atoms with van der Waals surface area (Å²) in [6, 6.07) is 6.98. The number of carbonyl (C=O) groups excluding carboxylic acids is 2. The number of amides is 3. The van der Waals surface area contributed by atoms with Gasteiger partial charge >= 0.3 is 6.03 Å². The maximum absolute atomic E-state index is 12.6. The minimum atomic E-state index is -0.653. The van der Waals surface area contributed by atoms with Gasteiger partial charge in [0.05, 0.1) is 5.60 Å². The lowest BCUT2D eigenvalue weighted by Crippen LogP contribution is -2.53. The molecule has 0 radical (unpaired) electrons. The molecule has 1 aromatic carbocycles. The zero-order chi connectivity index (χ0) is 18.9. The van der Waals surface area contributed by atoms with Gasteiger partial charge in [0, 0.05) is 37.6 Å². The Labute approximate surface area is 159 Å². The number of nitrogens with two attached hydrogens (primary N) is 1. The number of hydrogen-bond acceptors (Lipinski definition) is 4. The van der Waals surface area contributed by atoms with E-state index in [9.17, 15) is 9.59 Å². The van der Waals surface area contributed by atoms with E-state index < -0.39 is 12.1 Å². The molecule has 0 bridgehead atoms. The van der Waals surface area contributed by atoms with Crippen LogP contribution in [0.3, 0.4) is 0 Å². The quantitative estimate of drug-likeness (QED) is 0.849. The van der Waals surface area contributed by atoms with Crippen molar-refractivity contribution in [1.82, 2.24) is 5.32 Å². The molecule has 7 nitrogen and oxygen atoms in total. The fourth-order valence-electron chi connectivity index (χ4n) is 4.60. The van der Waals surface area contributed by atoms with Crippen LogP contribution < -0.4 is 20.9 Å². The van der Waals surface area contributed by atoms with E-state index in [4.69, 9.17) is 10.5 Å². The number of urea groups is 1. The molecule has 0 saturated carbocycles. The molecule has 3 amide bonds. The van der Waals surface area contributed by atoms with Crippen molar-refractivity contribution in [3.8, 4) is 0 Å². The topological polar surface area (TPSA) is 87.9 Å². The highest BCUT2D eigenvalue weighted by molar-refractivity contribution is 5.99. The number of nitrogens with one attached hydrogen (secondary N) is 1. The van der Waals surface area contributed by atoms with E-state index >= 15 is 0 Å². The molecule has 0 unspecified atom stereocenters. The van der Waals surface area contributed by atoms with Crippen LogP contribution in [0, 0.1) is 0 Å². The Hall–Kier alpha value is -2.28. The lowest BCUT2D eigenvalue weighted by atomic mass is 9.88. The molecule has 3 saturated heterocycles. The Bertz CT molecular complexity index is 690. The van der Waals surface area contributed by atoms with Gasteiger partial charge in [-0.25, -0.2) is 4.79 Å². The van der Waals surface area contributed by atoms with Crippen LogP contribution in [0.2, 0.25) is 0 Å². The van der Waals surface area contributed by atoms with Crippen LogP contribution in [0.15, 0.2) is 24.3 Å². The van der Waals surface area contributed by atoms with Crippen LogP contribution in [0.4, 0.5) is 16.2 Å². The van der Waals surface area contributed by atoms with Crippen LogP contribution in [-0.4, -0.2) is 49.8 Å². The molecule has 3 aliphatic heterocycles. The van der Waals surface area contributed by atoms with Crippen molar-refractivity contribution in [2.75, 3.05) is 36.0 Å². The average molecular weight is 372 g/mol. The van der Waals surface area contributed by atoms with Crippen molar-refractivity contribution >= 4 is 23.3 Å². The van der Waals surface area contributed by atoms with Crippen LogP contribution in [0.25, 0.3) is 0 Å². The third-order valence-corrected chi connectivity index (χ3v) is 6.14. The Morgan fingerprint density at radius 3 is 2.41 bits per heavy atom. The second kappa shape index (κ2) is 7.38. The standard InChI is InChI=1S/C20H28N4O3/c21-19(26)22-17-3-1-11-24(18(17)25)16-6-4-15(5-7-16)23-12-9-20(10-13-23)8-2-14-27-20/h4-7,17H,1-3,8-14H2,(H3,21,22,26)/t17-/m1/s1. The van der Waals surface area contributed by atoms with Gasteiger partial charge in [-0.05, 0) is 62.8 Å². The Morgan fingerprint density at radius 2 is 1.78 bits per heavy atom. The number of benzene rings is 1. The van der Waals surface area contributed by atoms with Gasteiger partial charge < -0.3 is 25.6 Å². The van der Waals surface area contributed by atoms with Crippen LogP contribution >= 0.6 is 0 Å². The van der Waals surface area contributed by atoms with Crippen molar-refractivity contribution in [1.29, 1.82) is 0 Å². The number of piperidine rings is 2. The minimum absolute atomic E-state index is 0.0916. The van der Waals surface area contributed by atoms with E-state index in [1.807, 2.05) is 12.1 Å². The third kappa shape index (κ3) is 3.74. The van der Waals surface area contributed by atoms with E-state index in [1.165, 1.54) is 18.5 Å². The molecule has 7 heteroatoms. The highest BCUT2D eigenvalue weighted by Crippen LogP contribution is 2.37. The Balaban J connectivity index is 1.40. The fraction of sp³-hybridized carbons (Fsp3) is 0.600. The number of rotatable bonds is 3. The lowest BCUT2D eigenvalue weighted by molar-refractivity contribution is -0.121. The van der Waals surface area contributed by atoms with Crippen molar-refractivity contribution in [3.05, 3.63) is 24.3 Å². The van der Waals surface area contributed by atoms with E-state index in [0.29, 0.717) is 13.0 Å². The zero-order valence-corrected chi connectivity index (χ0v) is 15.7. The largest absolute Gasteiger partial charge is 0.375 e. The summed E-state index contributed by atoms with van der Waals surface area (Å²) in [5, 5.41) is 2.55. The molecule has 3 aliphatic rings. The third-order valence-electron chi connectivity index (χ3n) is 6.14. The number of primary amides is 1. The first-order valence-electron chi connectivity index (χ1n) is 9.93. The summed E-state index contributed by atoms with van der Waals surface area (Å²) in [5.41, 5.74) is 7.36. The average Bonchev–Trinajstić information content (AvgIpc) is 3.12. The Kier molecular flexibility index (Phi) is 4.95. The van der Waals surface area contributed by atoms with Gasteiger partial charge in [-0.2, -0.15) is 0 Å². The summed E-state index contributed by atoms with van der Waals surface area (Å²) in [6.45, 7) is 3.59. The van der Waals surface area contributed by atoms with Gasteiger partial charge in [-0.3, -0.25) is 4.79 Å². The van der Waals surface area contributed by atoms with E-state index in [-0.39, 0.29) is 11.5 Å². The molecule has 0 aliphatic carbocycles. The summed E-state index contributed by atoms with van der Waals surface area (Å²) in [7, 11) is 0. The number of nitrogens with zero attached hydrogens (tertiary/aromatic N) is 2. The minimum Gasteiger partial charge on any atom is -0.375 e. The van der Waals surface area contributed by atoms with Crippen LogP contribution in [-0.2, 0) is 9.53 Å². The van der Waals surface area contributed by atoms with Gasteiger partial charge in [-0.15, -0.1) is 0 Å². The highest BCUT2D eigenvalue weighted by Gasteiger charge is 2.38. The fourth-order valence-corrected chi connectivity index (χ4v) is 4.60. The maximum atomic E-state index is 12.6. The summed E-state index contributed by atoms with van der Waals surface area (Å²) >= 11 is 0. The van der Waals surface area contributed by atoms with Gasteiger partial charge in [0.15, 0.2) is 0 Å². The lowest BCUT2D eigenvalue weighted by Gasteiger charge is -2.40. The molecule has 3 fully saturated rings. The van der Waals surface area contributed by atoms with E-state index in [1.54, 1.807) is 4.90 Å². The maximum Gasteiger partial charge on any atom is 0.312 e. The van der Waals surface area contributed by atoms with Gasteiger partial charge in [0.25, 0.3) is 0 Å². The normalized spacial score (nSPS) is 25.0. The molecule has 0 aromatic heterocycles. The van der Waals surface area contributed by atoms with Crippen molar-refractivity contribution in [2.24, 2.45) is 5.73 Å². The molecular weight excluding hydrogens is 344 g/mol. The summed E-state index contributed by atoms with van der Waals surface area (Å²) in [5.74, 6) is -0.0916. The smallest absolute Gasteiger partial charge is 0.312 e. The van der Waals surface area contributed by atoms with E-state index in [0.717, 1.165) is 44.6 Å². The van der Waals surface area contributed by atoms with E-state index in [2.05, 4.69) is 22.3 Å². The van der Waals surface area contributed by atoms with Crippen molar-refractivity contribution in [2.45, 2.75) is 50.2 Å².